The number of hydrogen-bond donors (Lipinski definition) is 2. The molecule has 0 fully saturated rings. The number of nitrogen functional groups attached to an aromatic ring is 1. The van der Waals surface area contributed by atoms with Crippen LogP contribution in [0.15, 0.2) is 16.6 Å². The van der Waals surface area contributed by atoms with E-state index < -0.39 is 11.9 Å². The first-order valence-corrected chi connectivity index (χ1v) is 9.46. The van der Waals surface area contributed by atoms with E-state index in [0.29, 0.717) is 21.3 Å². The smallest absolute Gasteiger partial charge is 0.338 e. The molecule has 1 aromatic rings. The Labute approximate surface area is 163 Å². The van der Waals surface area contributed by atoms with E-state index in [4.69, 9.17) is 20.9 Å². The Morgan fingerprint density at radius 3 is 2.38 bits per heavy atom. The number of halogens is 1. The maximum Gasteiger partial charge on any atom is 0.338 e. The molecule has 4 N–H and O–H groups in total. The van der Waals surface area contributed by atoms with Crippen LogP contribution in [0.2, 0.25) is 0 Å². The Hall–Kier alpha value is -1.64. The molecule has 0 amide bonds. The molecule has 0 spiro atoms. The summed E-state index contributed by atoms with van der Waals surface area (Å²) < 4.78 is 10.5. The maximum atomic E-state index is 12.2. The summed E-state index contributed by atoms with van der Waals surface area (Å²) in [6.45, 7) is 8.28. The van der Waals surface area contributed by atoms with E-state index in [1.807, 2.05) is 0 Å². The van der Waals surface area contributed by atoms with Gasteiger partial charge < -0.3 is 25.8 Å². The van der Waals surface area contributed by atoms with Gasteiger partial charge in [-0.05, 0) is 59.7 Å². The van der Waals surface area contributed by atoms with Crippen LogP contribution < -0.4 is 11.5 Å². The number of carbonyl (C=O) groups is 2. The van der Waals surface area contributed by atoms with Crippen LogP contribution in [0.4, 0.5) is 5.69 Å². The van der Waals surface area contributed by atoms with Gasteiger partial charge in [0.15, 0.2) is 0 Å². The van der Waals surface area contributed by atoms with Gasteiger partial charge >= 0.3 is 11.9 Å². The number of nitrogens with zero attached hydrogens (tertiary/aromatic N) is 1. The van der Waals surface area contributed by atoms with Crippen LogP contribution in [0.5, 0.6) is 0 Å². The minimum atomic E-state index is -0.518. The molecule has 1 unspecified atom stereocenters. The average Bonchev–Trinajstić information content (AvgIpc) is 2.61. The van der Waals surface area contributed by atoms with Gasteiger partial charge in [0.2, 0.25) is 0 Å². The highest BCUT2D eigenvalue weighted by Gasteiger charge is 2.18. The van der Waals surface area contributed by atoms with Crippen molar-refractivity contribution in [2.45, 2.75) is 33.2 Å². The second kappa shape index (κ2) is 11.2. The molecule has 8 heteroatoms. The lowest BCUT2D eigenvalue weighted by molar-refractivity contribution is -0.142. The third-order valence-electron chi connectivity index (χ3n) is 4.07. The van der Waals surface area contributed by atoms with Crippen LogP contribution in [0, 0.1) is 0 Å². The summed E-state index contributed by atoms with van der Waals surface area (Å²) in [5, 5.41) is 0. The molecule has 0 heterocycles. The van der Waals surface area contributed by atoms with Gasteiger partial charge in [-0.15, -0.1) is 0 Å². The largest absolute Gasteiger partial charge is 0.462 e. The van der Waals surface area contributed by atoms with Gasteiger partial charge in [0.25, 0.3) is 0 Å². The lowest BCUT2D eigenvalue weighted by Gasteiger charge is -2.22. The highest BCUT2D eigenvalue weighted by molar-refractivity contribution is 9.10. The second-order valence-electron chi connectivity index (χ2n) is 5.86. The van der Waals surface area contributed by atoms with E-state index >= 15 is 0 Å². The number of carbonyl (C=O) groups excluding carboxylic acids is 2. The molecule has 146 valence electrons. The Morgan fingerprint density at radius 1 is 1.19 bits per heavy atom. The third-order valence-corrected chi connectivity index (χ3v) is 4.73. The third kappa shape index (κ3) is 6.93. The molecule has 1 atom stereocenters. The summed E-state index contributed by atoms with van der Waals surface area (Å²) in [5.41, 5.74) is 14.0. The fraction of sp³-hybridized carbons (Fsp3) is 0.556. The average molecular weight is 430 g/mol. The fourth-order valence-corrected chi connectivity index (χ4v) is 2.96. The van der Waals surface area contributed by atoms with Gasteiger partial charge in [0.1, 0.15) is 13.2 Å². The molecule has 0 saturated heterocycles. The van der Waals surface area contributed by atoms with Crippen LogP contribution >= 0.6 is 15.9 Å². The molecule has 0 aliphatic rings. The van der Waals surface area contributed by atoms with Crippen LogP contribution in [0.25, 0.3) is 0 Å². The quantitative estimate of drug-likeness (QED) is 0.334. The first kappa shape index (κ1) is 22.4. The van der Waals surface area contributed by atoms with E-state index in [2.05, 4.69) is 34.7 Å². The van der Waals surface area contributed by atoms with Gasteiger partial charge in [0, 0.05) is 17.4 Å². The van der Waals surface area contributed by atoms with Crippen molar-refractivity contribution in [3.63, 3.8) is 0 Å². The first-order valence-electron chi connectivity index (χ1n) is 8.67. The zero-order valence-electron chi connectivity index (χ0n) is 15.6. The maximum absolute atomic E-state index is 12.2. The standard InChI is InChI=1S/C18H28BrN3O4/c1-4-22(5-2)7-6-16(20)14-10-13(11-15(19)17(14)21)18(24)26-9-8-25-12(3)23/h10-11,16H,4-9,20-21H2,1-3H3. The topological polar surface area (TPSA) is 108 Å². The molecule has 1 aromatic carbocycles. The van der Waals surface area contributed by atoms with Crippen molar-refractivity contribution < 1.29 is 19.1 Å². The SMILES string of the molecule is CCN(CC)CCC(N)c1cc(C(=O)OCCOC(C)=O)cc(Br)c1N. The number of esters is 2. The van der Waals surface area contributed by atoms with Crippen LogP contribution in [0.1, 0.15) is 49.2 Å². The predicted molar refractivity (Wildman–Crippen MR) is 105 cm³/mol. The van der Waals surface area contributed by atoms with Crippen molar-refractivity contribution in [3.8, 4) is 0 Å². The van der Waals surface area contributed by atoms with Crippen LogP contribution in [0.3, 0.4) is 0 Å². The van der Waals surface area contributed by atoms with Crippen molar-refractivity contribution in [1.82, 2.24) is 4.90 Å². The highest BCUT2D eigenvalue weighted by Crippen LogP contribution is 2.30. The zero-order chi connectivity index (χ0) is 19.7. The molecular weight excluding hydrogens is 402 g/mol. The van der Waals surface area contributed by atoms with Crippen molar-refractivity contribution in [2.24, 2.45) is 5.73 Å². The number of ether oxygens (including phenoxy) is 2. The number of rotatable bonds is 10. The van der Waals surface area contributed by atoms with Gasteiger partial charge in [-0.2, -0.15) is 0 Å². The van der Waals surface area contributed by atoms with E-state index in [1.54, 1.807) is 12.1 Å². The second-order valence-corrected chi connectivity index (χ2v) is 6.71. The summed E-state index contributed by atoms with van der Waals surface area (Å²) in [6.07, 6.45) is 0.725. The summed E-state index contributed by atoms with van der Waals surface area (Å²) in [7, 11) is 0. The number of nitrogens with two attached hydrogens (primary N) is 2. The van der Waals surface area contributed by atoms with E-state index in [-0.39, 0.29) is 19.3 Å². The highest BCUT2D eigenvalue weighted by atomic mass is 79.9. The fourth-order valence-electron chi connectivity index (χ4n) is 2.48. The lowest BCUT2D eigenvalue weighted by atomic mass is 9.99. The Bertz CT molecular complexity index is 621. The molecule has 0 bridgehead atoms. The normalized spacial score (nSPS) is 12.1. The van der Waals surface area contributed by atoms with E-state index in [9.17, 15) is 9.59 Å². The van der Waals surface area contributed by atoms with Gasteiger partial charge in [-0.3, -0.25) is 4.79 Å². The Morgan fingerprint density at radius 2 is 1.81 bits per heavy atom. The minimum absolute atomic E-state index is 0.0102. The van der Waals surface area contributed by atoms with Crippen molar-refractivity contribution in [2.75, 3.05) is 38.6 Å². The molecule has 0 aliphatic heterocycles. The van der Waals surface area contributed by atoms with E-state index in [0.717, 1.165) is 26.1 Å². The molecular formula is C18H28BrN3O4. The Kier molecular flexibility index (Phi) is 9.61. The van der Waals surface area contributed by atoms with Gasteiger partial charge in [-0.25, -0.2) is 4.79 Å². The predicted octanol–water partition coefficient (Wildman–Crippen LogP) is 2.48. The summed E-state index contributed by atoms with van der Waals surface area (Å²) in [6, 6.07) is 2.98. The first-order chi connectivity index (χ1) is 12.3. The monoisotopic (exact) mass is 429 g/mol. The van der Waals surface area contributed by atoms with Crippen molar-refractivity contribution in [3.05, 3.63) is 27.7 Å². The number of hydrogen-bond acceptors (Lipinski definition) is 7. The molecule has 7 nitrogen and oxygen atoms in total. The Balaban J connectivity index is 2.80. The molecule has 0 aromatic heterocycles. The molecule has 1 rings (SSSR count). The molecule has 0 aliphatic carbocycles. The van der Waals surface area contributed by atoms with Crippen molar-refractivity contribution >= 4 is 33.6 Å². The molecule has 26 heavy (non-hydrogen) atoms. The van der Waals surface area contributed by atoms with Gasteiger partial charge in [-0.1, -0.05) is 13.8 Å². The van der Waals surface area contributed by atoms with Gasteiger partial charge in [0.05, 0.1) is 11.3 Å². The number of benzene rings is 1. The molecule has 0 saturated carbocycles. The summed E-state index contributed by atoms with van der Waals surface area (Å²) >= 11 is 3.37. The van der Waals surface area contributed by atoms with E-state index in [1.165, 1.54) is 6.92 Å². The molecule has 0 radical (unpaired) electrons. The number of anilines is 1. The minimum Gasteiger partial charge on any atom is -0.462 e. The lowest BCUT2D eigenvalue weighted by Crippen LogP contribution is -2.27. The zero-order valence-corrected chi connectivity index (χ0v) is 17.2. The van der Waals surface area contributed by atoms with Crippen LogP contribution in [-0.4, -0.2) is 49.7 Å². The summed E-state index contributed by atoms with van der Waals surface area (Å²) in [5.74, 6) is -0.937. The van der Waals surface area contributed by atoms with Crippen molar-refractivity contribution in [1.29, 1.82) is 0 Å². The summed E-state index contributed by atoms with van der Waals surface area (Å²) in [4.78, 5) is 25.2. The van der Waals surface area contributed by atoms with Crippen LogP contribution in [-0.2, 0) is 14.3 Å².